The Labute approximate surface area is 329 Å². The van der Waals surface area contributed by atoms with Crippen LogP contribution in [0, 0.1) is 0 Å². The Morgan fingerprint density at radius 2 is 0.839 bits per heavy atom. The molecular formula is C50H42O6. The van der Waals surface area contributed by atoms with Crippen molar-refractivity contribution in [3.8, 4) is 28.7 Å². The first kappa shape index (κ1) is 34.8. The lowest BCUT2D eigenvalue weighted by Gasteiger charge is -2.27. The van der Waals surface area contributed by atoms with Gasteiger partial charge in [-0.3, -0.25) is 0 Å². The van der Waals surface area contributed by atoms with Gasteiger partial charge in [0.15, 0.2) is 17.3 Å². The summed E-state index contributed by atoms with van der Waals surface area (Å²) in [5, 5.41) is 0. The Morgan fingerprint density at radius 3 is 1.34 bits per heavy atom. The summed E-state index contributed by atoms with van der Waals surface area (Å²) < 4.78 is 48.8. The zero-order valence-electron chi connectivity index (χ0n) is 31.9. The molecule has 0 spiro atoms. The molecule has 0 radical (unpaired) electrons. The van der Waals surface area contributed by atoms with Crippen LogP contribution in [0.3, 0.4) is 0 Å². The highest BCUT2D eigenvalue weighted by Gasteiger charge is 2.28. The summed E-state index contributed by atoms with van der Waals surface area (Å²) in [6.07, 6.45) is -0.996. The molecule has 1 atom stereocenters. The van der Waals surface area contributed by atoms with E-state index in [9.17, 15) is 1.37 Å². The molecule has 278 valence electrons. The summed E-state index contributed by atoms with van der Waals surface area (Å²) in [5.74, 6) is 3.34. The number of hydrogen-bond donors (Lipinski definition) is 0. The topological polar surface area (TPSA) is 55.4 Å². The number of rotatable bonds is 16. The van der Waals surface area contributed by atoms with E-state index in [-0.39, 0.29) is 6.61 Å². The fraction of sp³-hybridized carbons (Fsp3) is 0.120. The zero-order chi connectivity index (χ0) is 38.7. The van der Waals surface area contributed by atoms with Crippen molar-refractivity contribution in [3.63, 3.8) is 0 Å². The first-order chi connectivity index (χ1) is 28.2. The molecule has 6 heteroatoms. The van der Waals surface area contributed by atoms with Gasteiger partial charge in [-0.2, -0.15) is 0 Å². The molecule has 0 saturated heterocycles. The lowest BCUT2D eigenvalue weighted by molar-refractivity contribution is 0.182. The van der Waals surface area contributed by atoms with Crippen LogP contribution in [-0.2, 0) is 44.2 Å². The summed E-state index contributed by atoms with van der Waals surface area (Å²) in [5.41, 5.74) is 6.25. The Kier molecular flexibility index (Phi) is 11.2. The lowest BCUT2D eigenvalue weighted by atomic mass is 10.0. The van der Waals surface area contributed by atoms with Crippen molar-refractivity contribution in [2.24, 2.45) is 0 Å². The number of benzene rings is 7. The minimum absolute atomic E-state index is 0.238. The molecule has 7 aromatic rings. The molecule has 6 nitrogen and oxygen atoms in total. The van der Waals surface area contributed by atoms with E-state index in [4.69, 9.17) is 28.4 Å². The molecule has 1 heterocycles. The average Bonchev–Trinajstić information content (AvgIpc) is 3.27. The van der Waals surface area contributed by atoms with Crippen LogP contribution >= 0.6 is 0 Å². The zero-order valence-corrected chi connectivity index (χ0v) is 30.9. The third-order valence-electron chi connectivity index (χ3n) is 9.19. The molecular weight excluding hydrogens is 697 g/mol. The fourth-order valence-corrected chi connectivity index (χ4v) is 6.24. The van der Waals surface area contributed by atoms with Crippen LogP contribution in [0.15, 0.2) is 188 Å². The normalized spacial score (nSPS) is 13.5. The van der Waals surface area contributed by atoms with Gasteiger partial charge in [-0.05, 0) is 46.0 Å². The van der Waals surface area contributed by atoms with Gasteiger partial charge in [0.1, 0.15) is 56.0 Å². The standard InChI is InChI=1S/C50H42O6/c1-6-16-37(17-7-1)32-51-43-29-46(53-34-39-20-10-3-11-21-39)44-31-49(55-36-41-24-14-5-15-25-41)50(56-47(44)30-43)42-26-27-45(52-33-38-18-8-2-9-19-38)48(28-42)54-35-40-22-12-4-13-23-40/h1-30H,31-36H2/i31D. The summed E-state index contributed by atoms with van der Waals surface area (Å²) >= 11 is 0. The SMILES string of the molecule is [2H]C1C(OCc2ccccc2)=C(c2ccc(OCc3ccccc3)c(OCc3ccccc3)c2)Oc2cc(OCc3ccccc3)cc(OCc3ccccc3)c21. The van der Waals surface area contributed by atoms with Gasteiger partial charge in [-0.25, -0.2) is 0 Å². The van der Waals surface area contributed by atoms with Crippen LogP contribution in [-0.4, -0.2) is 0 Å². The number of hydrogen-bond acceptors (Lipinski definition) is 6. The molecule has 8 rings (SSSR count). The molecule has 1 aliphatic rings. The molecule has 1 unspecified atom stereocenters. The molecule has 0 aliphatic carbocycles. The number of ether oxygens (including phenoxy) is 6. The molecule has 0 saturated carbocycles. The van der Waals surface area contributed by atoms with Crippen molar-refractivity contribution in [1.29, 1.82) is 0 Å². The van der Waals surface area contributed by atoms with Gasteiger partial charge < -0.3 is 28.4 Å². The predicted octanol–water partition coefficient (Wildman–Crippen LogP) is 11.5. The van der Waals surface area contributed by atoms with Gasteiger partial charge in [0, 0.05) is 31.0 Å². The Balaban J connectivity index is 1.18. The van der Waals surface area contributed by atoms with Crippen molar-refractivity contribution in [2.45, 2.75) is 39.4 Å². The smallest absolute Gasteiger partial charge is 0.172 e. The lowest BCUT2D eigenvalue weighted by Crippen LogP contribution is -2.14. The molecule has 0 amide bonds. The average molecular weight is 740 g/mol. The first-order valence-electron chi connectivity index (χ1n) is 19.2. The van der Waals surface area contributed by atoms with Crippen molar-refractivity contribution in [1.82, 2.24) is 0 Å². The van der Waals surface area contributed by atoms with Crippen LogP contribution in [0.5, 0.6) is 28.7 Å². The van der Waals surface area contributed by atoms with Crippen molar-refractivity contribution in [3.05, 3.63) is 227 Å². The second kappa shape index (κ2) is 17.9. The van der Waals surface area contributed by atoms with Gasteiger partial charge in [0.25, 0.3) is 0 Å². The minimum Gasteiger partial charge on any atom is -0.489 e. The van der Waals surface area contributed by atoms with E-state index in [1.54, 1.807) is 0 Å². The summed E-state index contributed by atoms with van der Waals surface area (Å²) in [6.45, 7) is 1.58. The predicted molar refractivity (Wildman–Crippen MR) is 218 cm³/mol. The summed E-state index contributed by atoms with van der Waals surface area (Å²) in [4.78, 5) is 0. The van der Waals surface area contributed by atoms with Gasteiger partial charge in [-0.15, -0.1) is 0 Å². The highest BCUT2D eigenvalue weighted by atomic mass is 16.5. The van der Waals surface area contributed by atoms with Crippen molar-refractivity contribution in [2.75, 3.05) is 0 Å². The molecule has 0 fully saturated rings. The van der Waals surface area contributed by atoms with Gasteiger partial charge >= 0.3 is 0 Å². The molecule has 1 aliphatic heterocycles. The van der Waals surface area contributed by atoms with Crippen LogP contribution < -0.4 is 23.7 Å². The summed E-state index contributed by atoms with van der Waals surface area (Å²) in [7, 11) is 0. The van der Waals surface area contributed by atoms with Gasteiger partial charge in [0.2, 0.25) is 0 Å². The molecule has 0 bridgehead atoms. The highest BCUT2D eigenvalue weighted by Crippen LogP contribution is 2.44. The van der Waals surface area contributed by atoms with E-state index in [2.05, 4.69) is 0 Å². The van der Waals surface area contributed by atoms with E-state index in [1.165, 1.54) is 0 Å². The highest BCUT2D eigenvalue weighted by molar-refractivity contribution is 5.71. The monoisotopic (exact) mass is 739 g/mol. The van der Waals surface area contributed by atoms with E-state index in [0.29, 0.717) is 77.8 Å². The molecule has 56 heavy (non-hydrogen) atoms. The Morgan fingerprint density at radius 1 is 0.411 bits per heavy atom. The molecule has 7 aromatic carbocycles. The maximum atomic E-state index is 9.80. The van der Waals surface area contributed by atoms with Crippen LogP contribution in [0.25, 0.3) is 5.76 Å². The van der Waals surface area contributed by atoms with Crippen molar-refractivity contribution >= 4 is 5.76 Å². The molecule has 0 aromatic heterocycles. The van der Waals surface area contributed by atoms with Gasteiger partial charge in [-0.1, -0.05) is 152 Å². The van der Waals surface area contributed by atoms with Crippen LogP contribution in [0.2, 0.25) is 0 Å². The van der Waals surface area contributed by atoms with Crippen LogP contribution in [0.1, 0.15) is 40.3 Å². The van der Waals surface area contributed by atoms with E-state index in [0.717, 1.165) is 27.8 Å². The second-order valence-electron chi connectivity index (χ2n) is 13.3. The van der Waals surface area contributed by atoms with E-state index >= 15 is 0 Å². The minimum atomic E-state index is -0.996. The third-order valence-corrected chi connectivity index (χ3v) is 9.19. The first-order valence-corrected chi connectivity index (χ1v) is 18.7. The van der Waals surface area contributed by atoms with E-state index in [1.807, 2.05) is 182 Å². The largest absolute Gasteiger partial charge is 0.489 e. The number of allylic oxidation sites excluding steroid dienone is 1. The second-order valence-corrected chi connectivity index (χ2v) is 13.3. The van der Waals surface area contributed by atoms with Crippen LogP contribution in [0.4, 0.5) is 0 Å². The maximum absolute atomic E-state index is 9.80. The summed E-state index contributed by atoms with van der Waals surface area (Å²) in [6, 6.07) is 59.2. The number of fused-ring (bicyclic) bond motifs is 1. The Bertz CT molecular complexity index is 2390. The van der Waals surface area contributed by atoms with Crippen molar-refractivity contribution < 1.29 is 29.8 Å². The maximum Gasteiger partial charge on any atom is 0.172 e. The fourth-order valence-electron chi connectivity index (χ4n) is 6.24. The Hall–Kier alpha value is -6.92. The third kappa shape index (κ3) is 9.41. The van der Waals surface area contributed by atoms with Gasteiger partial charge in [0.05, 0.1) is 0 Å². The van der Waals surface area contributed by atoms with E-state index < -0.39 is 6.40 Å². The molecule has 0 N–H and O–H groups in total. The quantitative estimate of drug-likeness (QED) is 0.0984.